The van der Waals surface area contributed by atoms with Crippen LogP contribution in [0.1, 0.15) is 42.0 Å². The van der Waals surface area contributed by atoms with E-state index in [0.29, 0.717) is 13.0 Å². The minimum Gasteiger partial charge on any atom is -0.371 e. The van der Waals surface area contributed by atoms with Crippen LogP contribution in [0, 0.1) is 0 Å². The number of nitrogens with zero attached hydrogens (tertiary/aromatic N) is 1. The van der Waals surface area contributed by atoms with Gasteiger partial charge in [-0.2, -0.15) is 5.10 Å². The number of ether oxygens (including phenoxy) is 1. The molecule has 1 unspecified atom stereocenters. The number of rotatable bonds is 3. The molecule has 0 aliphatic carbocycles. The number of H-pyrrole nitrogens is 1. The van der Waals surface area contributed by atoms with E-state index in [2.05, 4.69) is 10.2 Å². The number of fused-ring (bicyclic) bond motifs is 1. The van der Waals surface area contributed by atoms with Crippen LogP contribution >= 0.6 is 0 Å². The maximum absolute atomic E-state index is 13.5. The molecule has 5 nitrogen and oxygen atoms in total. The molecule has 0 bridgehead atoms. The Hall–Kier alpha value is -1.43. The SMILES string of the molecule is CC(C)(F)CC1Cc2c(C(N)=O)n[nH]c2CO1. The summed E-state index contributed by atoms with van der Waals surface area (Å²) in [5.41, 5.74) is 5.68. The highest BCUT2D eigenvalue weighted by atomic mass is 19.1. The van der Waals surface area contributed by atoms with Gasteiger partial charge in [-0.05, 0) is 13.8 Å². The zero-order chi connectivity index (χ0) is 12.6. The molecule has 94 valence electrons. The average Bonchev–Trinajstić information content (AvgIpc) is 2.57. The number of carbonyl (C=O) groups excluding carboxylic acids is 1. The first-order valence-electron chi connectivity index (χ1n) is 5.53. The monoisotopic (exact) mass is 241 g/mol. The molecule has 2 heterocycles. The van der Waals surface area contributed by atoms with Crippen LogP contribution in [0.3, 0.4) is 0 Å². The molecule has 0 aromatic carbocycles. The van der Waals surface area contributed by atoms with Crippen LogP contribution in [-0.4, -0.2) is 27.9 Å². The molecular formula is C11H16FN3O2. The molecule has 0 fully saturated rings. The highest BCUT2D eigenvalue weighted by molar-refractivity contribution is 5.92. The van der Waals surface area contributed by atoms with Crippen LogP contribution in [0.25, 0.3) is 0 Å². The van der Waals surface area contributed by atoms with Crippen LogP contribution in [0.15, 0.2) is 0 Å². The van der Waals surface area contributed by atoms with E-state index in [1.165, 1.54) is 13.8 Å². The molecule has 0 spiro atoms. The molecule has 0 saturated carbocycles. The summed E-state index contributed by atoms with van der Waals surface area (Å²) in [4.78, 5) is 11.2. The lowest BCUT2D eigenvalue weighted by Crippen LogP contribution is -2.30. The van der Waals surface area contributed by atoms with Gasteiger partial charge in [0.15, 0.2) is 5.69 Å². The minimum atomic E-state index is -1.29. The fourth-order valence-electron chi connectivity index (χ4n) is 2.10. The van der Waals surface area contributed by atoms with Gasteiger partial charge in [-0.3, -0.25) is 9.89 Å². The molecule has 0 radical (unpaired) electrons. The largest absolute Gasteiger partial charge is 0.371 e. The van der Waals surface area contributed by atoms with Gasteiger partial charge < -0.3 is 10.5 Å². The van der Waals surface area contributed by atoms with E-state index < -0.39 is 11.6 Å². The van der Waals surface area contributed by atoms with E-state index in [0.717, 1.165) is 11.3 Å². The van der Waals surface area contributed by atoms with Crippen molar-refractivity contribution in [3.05, 3.63) is 17.0 Å². The van der Waals surface area contributed by atoms with Crippen molar-refractivity contribution in [3.8, 4) is 0 Å². The van der Waals surface area contributed by atoms with E-state index in [1.54, 1.807) is 0 Å². The van der Waals surface area contributed by atoms with E-state index in [4.69, 9.17) is 10.5 Å². The van der Waals surface area contributed by atoms with Crippen molar-refractivity contribution >= 4 is 5.91 Å². The molecular weight excluding hydrogens is 225 g/mol. The van der Waals surface area contributed by atoms with Crippen molar-refractivity contribution in [2.24, 2.45) is 5.73 Å². The number of hydrogen-bond donors (Lipinski definition) is 2. The van der Waals surface area contributed by atoms with Crippen LogP contribution in [0.4, 0.5) is 4.39 Å². The summed E-state index contributed by atoms with van der Waals surface area (Å²) in [6.07, 6.45) is 0.519. The third-order valence-corrected chi connectivity index (χ3v) is 2.79. The van der Waals surface area contributed by atoms with Gasteiger partial charge in [0.05, 0.1) is 18.4 Å². The molecule has 0 saturated heterocycles. The summed E-state index contributed by atoms with van der Waals surface area (Å²) in [7, 11) is 0. The van der Waals surface area contributed by atoms with Crippen molar-refractivity contribution in [1.29, 1.82) is 0 Å². The Morgan fingerprint density at radius 1 is 1.71 bits per heavy atom. The van der Waals surface area contributed by atoms with E-state index in [1.807, 2.05) is 0 Å². The molecule has 1 aromatic rings. The Morgan fingerprint density at radius 2 is 2.41 bits per heavy atom. The number of nitrogens with one attached hydrogen (secondary N) is 1. The standard InChI is InChI=1S/C11H16FN3O2/c1-11(2,12)4-6-3-7-8(5-17-6)14-15-9(7)10(13)16/h6H,3-5H2,1-2H3,(H2,13,16)(H,14,15). The van der Waals surface area contributed by atoms with Gasteiger partial charge in [0.2, 0.25) is 0 Å². The van der Waals surface area contributed by atoms with Crippen molar-refractivity contribution in [2.75, 3.05) is 0 Å². The number of hydrogen-bond acceptors (Lipinski definition) is 3. The van der Waals surface area contributed by atoms with Gasteiger partial charge in [0.25, 0.3) is 5.91 Å². The Balaban J connectivity index is 2.17. The van der Waals surface area contributed by atoms with Crippen molar-refractivity contribution in [3.63, 3.8) is 0 Å². The molecule has 1 aliphatic rings. The number of amides is 1. The fourth-order valence-corrected chi connectivity index (χ4v) is 2.10. The molecule has 6 heteroatoms. The Morgan fingerprint density at radius 3 is 3.00 bits per heavy atom. The molecule has 2 rings (SSSR count). The lowest BCUT2D eigenvalue weighted by molar-refractivity contribution is -0.00819. The second-order valence-electron chi connectivity index (χ2n) is 4.95. The summed E-state index contributed by atoms with van der Waals surface area (Å²) < 4.78 is 19.0. The second-order valence-corrected chi connectivity index (χ2v) is 4.95. The molecule has 1 amide bonds. The second kappa shape index (κ2) is 4.10. The number of carbonyl (C=O) groups is 1. The number of halogens is 1. The lowest BCUT2D eigenvalue weighted by atomic mass is 9.94. The van der Waals surface area contributed by atoms with Gasteiger partial charge in [-0.1, -0.05) is 0 Å². The van der Waals surface area contributed by atoms with Crippen LogP contribution in [0.5, 0.6) is 0 Å². The minimum absolute atomic E-state index is 0.238. The molecule has 1 aromatic heterocycles. The Labute approximate surface area is 98.5 Å². The van der Waals surface area contributed by atoms with Gasteiger partial charge >= 0.3 is 0 Å². The number of primary amides is 1. The highest BCUT2D eigenvalue weighted by Gasteiger charge is 2.30. The molecule has 3 N–H and O–H groups in total. The fraction of sp³-hybridized carbons (Fsp3) is 0.636. The van der Waals surface area contributed by atoms with Gasteiger partial charge in [0.1, 0.15) is 5.67 Å². The zero-order valence-corrected chi connectivity index (χ0v) is 9.92. The smallest absolute Gasteiger partial charge is 0.269 e. The van der Waals surface area contributed by atoms with Crippen LogP contribution in [0.2, 0.25) is 0 Å². The van der Waals surface area contributed by atoms with Gasteiger partial charge in [-0.25, -0.2) is 4.39 Å². The van der Waals surface area contributed by atoms with Gasteiger partial charge in [0, 0.05) is 18.4 Å². The first kappa shape index (κ1) is 12.0. The summed E-state index contributed by atoms with van der Waals surface area (Å²) >= 11 is 0. The predicted octanol–water partition coefficient (Wildman–Crippen LogP) is 1.09. The number of nitrogens with two attached hydrogens (primary N) is 1. The third-order valence-electron chi connectivity index (χ3n) is 2.79. The Bertz CT molecular complexity index is 436. The maximum Gasteiger partial charge on any atom is 0.269 e. The zero-order valence-electron chi connectivity index (χ0n) is 9.92. The average molecular weight is 241 g/mol. The molecule has 1 aliphatic heterocycles. The summed E-state index contributed by atoms with van der Waals surface area (Å²) in [6, 6.07) is 0. The lowest BCUT2D eigenvalue weighted by Gasteiger charge is -2.26. The first-order chi connectivity index (χ1) is 7.87. The van der Waals surface area contributed by atoms with Crippen molar-refractivity contribution in [2.45, 2.75) is 45.1 Å². The van der Waals surface area contributed by atoms with Crippen molar-refractivity contribution in [1.82, 2.24) is 10.2 Å². The summed E-state index contributed by atoms with van der Waals surface area (Å²) in [5.74, 6) is -0.567. The summed E-state index contributed by atoms with van der Waals surface area (Å²) in [6.45, 7) is 3.34. The van der Waals surface area contributed by atoms with E-state index in [9.17, 15) is 9.18 Å². The van der Waals surface area contributed by atoms with Gasteiger partial charge in [-0.15, -0.1) is 0 Å². The first-order valence-corrected chi connectivity index (χ1v) is 5.53. The number of aromatic nitrogens is 2. The highest BCUT2D eigenvalue weighted by Crippen LogP contribution is 2.27. The number of aromatic amines is 1. The molecule has 17 heavy (non-hydrogen) atoms. The summed E-state index contributed by atoms with van der Waals surface area (Å²) in [5, 5.41) is 6.58. The quantitative estimate of drug-likeness (QED) is 0.831. The van der Waals surface area contributed by atoms with E-state index >= 15 is 0 Å². The van der Waals surface area contributed by atoms with Crippen LogP contribution < -0.4 is 5.73 Å². The number of alkyl halides is 1. The maximum atomic E-state index is 13.5. The molecule has 1 atom stereocenters. The topological polar surface area (TPSA) is 81.0 Å². The van der Waals surface area contributed by atoms with E-state index in [-0.39, 0.29) is 18.2 Å². The normalized spacial score (nSPS) is 20.1. The van der Waals surface area contributed by atoms with Crippen LogP contribution in [-0.2, 0) is 17.8 Å². The van der Waals surface area contributed by atoms with Crippen molar-refractivity contribution < 1.29 is 13.9 Å². The predicted molar refractivity (Wildman–Crippen MR) is 59.2 cm³/mol. The third kappa shape index (κ3) is 2.63. The Kier molecular flexibility index (Phi) is 2.91.